The Labute approximate surface area is 122 Å². The standard InChI is InChI=1S/C16H16N4O/c1-2-12-10-13(3-4-14(12)18-7-1)15-19-16(21-20-15)11-5-8-17-9-6-11/h1-4,7,10-11,17H,5-6,8-9H2. The lowest BCUT2D eigenvalue weighted by Crippen LogP contribution is -2.26. The van der Waals surface area contributed by atoms with Crippen molar-refractivity contribution in [3.63, 3.8) is 0 Å². The second kappa shape index (κ2) is 5.26. The van der Waals surface area contributed by atoms with Gasteiger partial charge in [0.05, 0.1) is 5.52 Å². The van der Waals surface area contributed by atoms with Crippen LogP contribution in [0.3, 0.4) is 0 Å². The molecule has 5 nitrogen and oxygen atoms in total. The summed E-state index contributed by atoms with van der Waals surface area (Å²) in [5.74, 6) is 1.81. The van der Waals surface area contributed by atoms with Crippen LogP contribution < -0.4 is 5.32 Å². The molecule has 3 aromatic rings. The largest absolute Gasteiger partial charge is 0.339 e. The Hall–Kier alpha value is -2.27. The van der Waals surface area contributed by atoms with Crippen LogP contribution in [0.1, 0.15) is 24.7 Å². The molecule has 1 N–H and O–H groups in total. The third kappa shape index (κ3) is 2.40. The second-order valence-electron chi connectivity index (χ2n) is 5.39. The number of hydrogen-bond acceptors (Lipinski definition) is 5. The Morgan fingerprint density at radius 3 is 2.95 bits per heavy atom. The molecule has 1 saturated heterocycles. The molecule has 4 rings (SSSR count). The van der Waals surface area contributed by atoms with Crippen LogP contribution in [0.2, 0.25) is 0 Å². The molecule has 2 aromatic heterocycles. The number of nitrogens with zero attached hydrogens (tertiary/aromatic N) is 3. The van der Waals surface area contributed by atoms with Crippen LogP contribution >= 0.6 is 0 Å². The molecule has 0 atom stereocenters. The zero-order chi connectivity index (χ0) is 14.1. The molecule has 0 aliphatic carbocycles. The van der Waals surface area contributed by atoms with Gasteiger partial charge in [0.1, 0.15) is 0 Å². The quantitative estimate of drug-likeness (QED) is 0.782. The van der Waals surface area contributed by atoms with Gasteiger partial charge >= 0.3 is 0 Å². The first-order valence-electron chi connectivity index (χ1n) is 7.29. The summed E-state index contributed by atoms with van der Waals surface area (Å²) in [5, 5.41) is 8.57. The molecule has 0 saturated carbocycles. The summed E-state index contributed by atoms with van der Waals surface area (Å²) < 4.78 is 5.47. The third-order valence-electron chi connectivity index (χ3n) is 3.99. The van der Waals surface area contributed by atoms with E-state index in [1.165, 1.54) is 0 Å². The van der Waals surface area contributed by atoms with Gasteiger partial charge in [-0.2, -0.15) is 4.98 Å². The number of piperidine rings is 1. The lowest BCUT2D eigenvalue weighted by Gasteiger charge is -2.18. The molecule has 1 aliphatic heterocycles. The zero-order valence-corrected chi connectivity index (χ0v) is 11.6. The summed E-state index contributed by atoms with van der Waals surface area (Å²) in [6.45, 7) is 2.04. The van der Waals surface area contributed by atoms with Crippen LogP contribution in [-0.4, -0.2) is 28.2 Å². The van der Waals surface area contributed by atoms with Gasteiger partial charge in [-0.1, -0.05) is 11.2 Å². The predicted octanol–water partition coefficient (Wildman–Crippen LogP) is 2.75. The Morgan fingerprint density at radius 1 is 1.14 bits per heavy atom. The van der Waals surface area contributed by atoms with Crippen LogP contribution in [-0.2, 0) is 0 Å². The molecule has 5 heteroatoms. The number of fused-ring (bicyclic) bond motifs is 1. The van der Waals surface area contributed by atoms with Crippen molar-refractivity contribution in [2.45, 2.75) is 18.8 Å². The maximum atomic E-state index is 5.47. The van der Waals surface area contributed by atoms with E-state index in [0.29, 0.717) is 11.7 Å². The van der Waals surface area contributed by atoms with Crippen LogP contribution in [0.15, 0.2) is 41.1 Å². The van der Waals surface area contributed by atoms with Gasteiger partial charge in [-0.3, -0.25) is 4.98 Å². The van der Waals surface area contributed by atoms with E-state index in [1.54, 1.807) is 6.20 Å². The summed E-state index contributed by atoms with van der Waals surface area (Å²) in [7, 11) is 0. The Bertz CT molecular complexity index is 762. The lowest BCUT2D eigenvalue weighted by molar-refractivity contribution is 0.320. The average Bonchev–Trinajstić information content (AvgIpc) is 3.05. The highest BCUT2D eigenvalue weighted by Crippen LogP contribution is 2.27. The van der Waals surface area contributed by atoms with Crippen molar-refractivity contribution in [2.75, 3.05) is 13.1 Å². The Balaban J connectivity index is 1.67. The lowest BCUT2D eigenvalue weighted by atomic mass is 9.98. The molecule has 0 amide bonds. The topological polar surface area (TPSA) is 63.8 Å². The van der Waals surface area contributed by atoms with Crippen molar-refractivity contribution in [2.24, 2.45) is 0 Å². The zero-order valence-electron chi connectivity index (χ0n) is 11.6. The molecule has 0 bridgehead atoms. The number of rotatable bonds is 2. The summed E-state index contributed by atoms with van der Waals surface area (Å²) >= 11 is 0. The summed E-state index contributed by atoms with van der Waals surface area (Å²) in [6, 6.07) is 10.0. The molecule has 0 unspecified atom stereocenters. The second-order valence-corrected chi connectivity index (χ2v) is 5.39. The average molecular weight is 280 g/mol. The van der Waals surface area contributed by atoms with E-state index in [1.807, 2.05) is 24.3 Å². The Kier molecular flexibility index (Phi) is 3.12. The first kappa shape index (κ1) is 12.5. The molecular weight excluding hydrogens is 264 g/mol. The highest BCUT2D eigenvalue weighted by molar-refractivity contribution is 5.82. The molecule has 106 valence electrons. The number of aromatic nitrogens is 3. The van der Waals surface area contributed by atoms with Crippen LogP contribution in [0.5, 0.6) is 0 Å². The molecule has 3 heterocycles. The highest BCUT2D eigenvalue weighted by Gasteiger charge is 2.21. The fourth-order valence-corrected chi connectivity index (χ4v) is 2.80. The number of hydrogen-bond donors (Lipinski definition) is 1. The number of pyridine rings is 1. The van der Waals surface area contributed by atoms with Crippen molar-refractivity contribution in [3.8, 4) is 11.4 Å². The summed E-state index contributed by atoms with van der Waals surface area (Å²) in [5.41, 5.74) is 1.95. The van der Waals surface area contributed by atoms with Gasteiger partial charge in [-0.25, -0.2) is 0 Å². The van der Waals surface area contributed by atoms with E-state index in [2.05, 4.69) is 26.5 Å². The minimum Gasteiger partial charge on any atom is -0.339 e. The molecule has 1 aliphatic rings. The summed E-state index contributed by atoms with van der Waals surface area (Å²) in [4.78, 5) is 8.91. The normalized spacial score (nSPS) is 16.4. The molecule has 0 spiro atoms. The maximum absolute atomic E-state index is 5.47. The van der Waals surface area contributed by atoms with E-state index in [9.17, 15) is 0 Å². The van der Waals surface area contributed by atoms with Crippen molar-refractivity contribution < 1.29 is 4.52 Å². The van der Waals surface area contributed by atoms with Crippen molar-refractivity contribution in [1.82, 2.24) is 20.4 Å². The van der Waals surface area contributed by atoms with Gasteiger partial charge in [-0.15, -0.1) is 0 Å². The third-order valence-corrected chi connectivity index (χ3v) is 3.99. The summed E-state index contributed by atoms with van der Waals surface area (Å²) in [6.07, 6.45) is 3.91. The Morgan fingerprint density at radius 2 is 2.05 bits per heavy atom. The minimum absolute atomic E-state index is 0.384. The highest BCUT2D eigenvalue weighted by atomic mass is 16.5. The molecular formula is C16H16N4O. The molecule has 21 heavy (non-hydrogen) atoms. The van der Waals surface area contributed by atoms with Gasteiger partial charge in [0, 0.05) is 23.1 Å². The fraction of sp³-hybridized carbons (Fsp3) is 0.312. The predicted molar refractivity (Wildman–Crippen MR) is 79.9 cm³/mol. The van der Waals surface area contributed by atoms with Crippen molar-refractivity contribution in [1.29, 1.82) is 0 Å². The fourth-order valence-electron chi connectivity index (χ4n) is 2.80. The van der Waals surface area contributed by atoms with E-state index in [-0.39, 0.29) is 0 Å². The maximum Gasteiger partial charge on any atom is 0.230 e. The van der Waals surface area contributed by atoms with Crippen molar-refractivity contribution in [3.05, 3.63) is 42.4 Å². The van der Waals surface area contributed by atoms with Crippen LogP contribution in [0.4, 0.5) is 0 Å². The number of nitrogens with one attached hydrogen (secondary N) is 1. The first-order chi connectivity index (χ1) is 10.4. The molecule has 1 fully saturated rings. The smallest absolute Gasteiger partial charge is 0.230 e. The van der Waals surface area contributed by atoms with E-state index >= 15 is 0 Å². The van der Waals surface area contributed by atoms with Crippen LogP contribution in [0.25, 0.3) is 22.3 Å². The molecule has 0 radical (unpaired) electrons. The van der Waals surface area contributed by atoms with Crippen LogP contribution in [0, 0.1) is 0 Å². The van der Waals surface area contributed by atoms with E-state index in [4.69, 9.17) is 4.52 Å². The van der Waals surface area contributed by atoms with Gasteiger partial charge in [0.25, 0.3) is 0 Å². The first-order valence-corrected chi connectivity index (χ1v) is 7.29. The van der Waals surface area contributed by atoms with E-state index in [0.717, 1.165) is 48.3 Å². The van der Waals surface area contributed by atoms with Gasteiger partial charge < -0.3 is 9.84 Å². The van der Waals surface area contributed by atoms with Gasteiger partial charge in [0.15, 0.2) is 0 Å². The van der Waals surface area contributed by atoms with E-state index < -0.39 is 0 Å². The SMILES string of the molecule is c1cnc2ccc(-c3noc(C4CCNCC4)n3)cc2c1. The van der Waals surface area contributed by atoms with Gasteiger partial charge in [0.2, 0.25) is 11.7 Å². The molecule has 1 aromatic carbocycles. The minimum atomic E-state index is 0.384. The van der Waals surface area contributed by atoms with Crippen molar-refractivity contribution >= 4 is 10.9 Å². The van der Waals surface area contributed by atoms with Gasteiger partial charge in [-0.05, 0) is 50.2 Å². The number of benzene rings is 1. The monoisotopic (exact) mass is 280 g/mol.